The van der Waals surface area contributed by atoms with Crippen LogP contribution in [0.1, 0.15) is 10.4 Å². The van der Waals surface area contributed by atoms with Crippen molar-refractivity contribution in [3.63, 3.8) is 0 Å². The molecule has 2 rings (SSSR count). The number of hydrogen-bond acceptors (Lipinski definition) is 5. The zero-order chi connectivity index (χ0) is 13.7. The Balaban J connectivity index is 1.82. The lowest BCUT2D eigenvalue weighted by Crippen LogP contribution is -2.20. The molecule has 0 spiro atoms. The minimum Gasteiger partial charge on any atom is -0.452 e. The van der Waals surface area contributed by atoms with Crippen LogP contribution in [0.5, 0.6) is 0 Å². The Kier molecular flexibility index (Phi) is 4.64. The number of nitrogens with one attached hydrogen (secondary N) is 1. The standard InChI is InChI=1S/C12H9BrN2O3S/c13-9-6-14-12(19-9)15-10(16)7-18-11(17)8-4-2-1-3-5-8/h1-6H,7H2,(H,14,15,16). The van der Waals surface area contributed by atoms with Crippen LogP contribution in [0.15, 0.2) is 40.3 Å². The Hall–Kier alpha value is -1.73. The van der Waals surface area contributed by atoms with Crippen LogP contribution in [0.3, 0.4) is 0 Å². The largest absolute Gasteiger partial charge is 0.452 e. The third-order valence-corrected chi connectivity index (χ3v) is 3.46. The van der Waals surface area contributed by atoms with Gasteiger partial charge in [0.25, 0.3) is 5.91 Å². The van der Waals surface area contributed by atoms with Gasteiger partial charge in [-0.3, -0.25) is 10.1 Å². The predicted octanol–water partition coefficient (Wildman–Crippen LogP) is 2.70. The number of esters is 1. The van der Waals surface area contributed by atoms with E-state index in [2.05, 4.69) is 26.2 Å². The molecule has 1 aromatic carbocycles. The van der Waals surface area contributed by atoms with Crippen LogP contribution in [0, 0.1) is 0 Å². The number of halogens is 1. The SMILES string of the molecule is O=C(COC(=O)c1ccccc1)Nc1ncc(Br)s1. The zero-order valence-corrected chi connectivity index (χ0v) is 12.0. The fourth-order valence-corrected chi connectivity index (χ4v) is 2.38. The van der Waals surface area contributed by atoms with E-state index in [9.17, 15) is 9.59 Å². The molecular formula is C12H9BrN2O3S. The number of nitrogens with zero attached hydrogens (tertiary/aromatic N) is 1. The van der Waals surface area contributed by atoms with Gasteiger partial charge in [-0.1, -0.05) is 29.5 Å². The highest BCUT2D eigenvalue weighted by atomic mass is 79.9. The second-order valence-corrected chi connectivity index (χ2v) is 5.87. The zero-order valence-electron chi connectivity index (χ0n) is 9.63. The Labute approximate surface area is 121 Å². The van der Waals surface area contributed by atoms with Crippen molar-refractivity contribution in [3.05, 3.63) is 45.9 Å². The van der Waals surface area contributed by atoms with E-state index in [1.165, 1.54) is 11.3 Å². The number of carbonyl (C=O) groups excluding carboxylic acids is 2. The van der Waals surface area contributed by atoms with E-state index in [0.29, 0.717) is 10.7 Å². The third kappa shape index (κ3) is 4.15. The van der Waals surface area contributed by atoms with Crippen molar-refractivity contribution in [1.82, 2.24) is 4.98 Å². The molecule has 0 fully saturated rings. The van der Waals surface area contributed by atoms with E-state index in [1.54, 1.807) is 36.5 Å². The molecule has 1 aromatic heterocycles. The highest BCUT2D eigenvalue weighted by Crippen LogP contribution is 2.22. The summed E-state index contributed by atoms with van der Waals surface area (Å²) < 4.78 is 5.69. The van der Waals surface area contributed by atoms with E-state index in [4.69, 9.17) is 4.74 Å². The van der Waals surface area contributed by atoms with Gasteiger partial charge in [-0.25, -0.2) is 9.78 Å². The summed E-state index contributed by atoms with van der Waals surface area (Å²) in [6.07, 6.45) is 1.58. The number of thiazole rings is 1. The summed E-state index contributed by atoms with van der Waals surface area (Å²) in [4.78, 5) is 27.0. The minimum atomic E-state index is -0.531. The quantitative estimate of drug-likeness (QED) is 0.869. The predicted molar refractivity (Wildman–Crippen MR) is 75.2 cm³/mol. The van der Waals surface area contributed by atoms with Crippen LogP contribution in [0.4, 0.5) is 5.13 Å². The minimum absolute atomic E-state index is 0.342. The van der Waals surface area contributed by atoms with Gasteiger partial charge in [0.1, 0.15) is 0 Å². The Morgan fingerprint density at radius 2 is 2.05 bits per heavy atom. The lowest BCUT2D eigenvalue weighted by Gasteiger charge is -2.04. The molecule has 2 aromatic rings. The molecule has 98 valence electrons. The van der Waals surface area contributed by atoms with Crippen LogP contribution < -0.4 is 5.32 Å². The third-order valence-electron chi connectivity index (χ3n) is 2.07. The molecule has 1 N–H and O–H groups in total. The fraction of sp³-hybridized carbons (Fsp3) is 0.0833. The van der Waals surface area contributed by atoms with E-state index < -0.39 is 11.9 Å². The number of ether oxygens (including phenoxy) is 1. The molecule has 0 aliphatic carbocycles. The van der Waals surface area contributed by atoms with Gasteiger partial charge in [0.05, 0.1) is 15.5 Å². The van der Waals surface area contributed by atoms with Crippen molar-refractivity contribution < 1.29 is 14.3 Å². The van der Waals surface area contributed by atoms with Gasteiger partial charge in [0.2, 0.25) is 0 Å². The molecule has 19 heavy (non-hydrogen) atoms. The van der Waals surface area contributed by atoms with E-state index in [0.717, 1.165) is 3.79 Å². The van der Waals surface area contributed by atoms with Crippen LogP contribution in [0.25, 0.3) is 0 Å². The van der Waals surface area contributed by atoms with Crippen LogP contribution in [0.2, 0.25) is 0 Å². The fourth-order valence-electron chi connectivity index (χ4n) is 1.26. The van der Waals surface area contributed by atoms with Crippen molar-refractivity contribution in [2.45, 2.75) is 0 Å². The first-order chi connectivity index (χ1) is 9.15. The number of rotatable bonds is 4. The van der Waals surface area contributed by atoms with Gasteiger partial charge < -0.3 is 4.74 Å². The maximum Gasteiger partial charge on any atom is 0.338 e. The summed E-state index contributed by atoms with van der Waals surface area (Å²) in [6, 6.07) is 8.49. The van der Waals surface area contributed by atoms with E-state index in [1.807, 2.05) is 0 Å². The average molecular weight is 341 g/mol. The summed E-state index contributed by atoms with van der Waals surface area (Å²) in [6.45, 7) is -0.342. The van der Waals surface area contributed by atoms with Gasteiger partial charge in [-0.2, -0.15) is 0 Å². The molecule has 5 nitrogen and oxygen atoms in total. The lowest BCUT2D eigenvalue weighted by molar-refractivity contribution is -0.119. The van der Waals surface area contributed by atoms with Gasteiger partial charge in [-0.05, 0) is 28.1 Å². The highest BCUT2D eigenvalue weighted by Gasteiger charge is 2.10. The smallest absolute Gasteiger partial charge is 0.338 e. The Bertz CT molecular complexity index is 586. The monoisotopic (exact) mass is 340 g/mol. The van der Waals surface area contributed by atoms with Crippen LogP contribution >= 0.6 is 27.3 Å². The van der Waals surface area contributed by atoms with Crippen molar-refractivity contribution in [2.24, 2.45) is 0 Å². The summed E-state index contributed by atoms with van der Waals surface area (Å²) >= 11 is 4.51. The molecule has 0 bridgehead atoms. The van der Waals surface area contributed by atoms with Gasteiger partial charge in [0, 0.05) is 0 Å². The highest BCUT2D eigenvalue weighted by molar-refractivity contribution is 9.11. The molecule has 0 radical (unpaired) electrons. The number of amides is 1. The number of benzene rings is 1. The Morgan fingerprint density at radius 3 is 2.68 bits per heavy atom. The number of anilines is 1. The molecule has 0 atom stereocenters. The van der Waals surface area contributed by atoms with Crippen LogP contribution in [-0.2, 0) is 9.53 Å². The van der Waals surface area contributed by atoms with Crippen LogP contribution in [-0.4, -0.2) is 23.5 Å². The molecule has 7 heteroatoms. The van der Waals surface area contributed by atoms with Crippen molar-refractivity contribution >= 4 is 44.3 Å². The average Bonchev–Trinajstić information content (AvgIpc) is 2.82. The molecular weight excluding hydrogens is 332 g/mol. The maximum absolute atomic E-state index is 11.6. The summed E-state index contributed by atoms with van der Waals surface area (Å²) in [5.41, 5.74) is 0.410. The molecule has 1 amide bonds. The van der Waals surface area contributed by atoms with Gasteiger partial charge in [-0.15, -0.1) is 0 Å². The van der Waals surface area contributed by atoms with Gasteiger partial charge in [0.15, 0.2) is 11.7 Å². The molecule has 0 unspecified atom stereocenters. The normalized spacial score (nSPS) is 9.95. The first-order valence-electron chi connectivity index (χ1n) is 5.28. The molecule has 0 saturated carbocycles. The molecule has 0 aliphatic heterocycles. The molecule has 1 heterocycles. The van der Waals surface area contributed by atoms with Crippen molar-refractivity contribution in [2.75, 3.05) is 11.9 Å². The topological polar surface area (TPSA) is 68.3 Å². The van der Waals surface area contributed by atoms with E-state index in [-0.39, 0.29) is 6.61 Å². The lowest BCUT2D eigenvalue weighted by atomic mass is 10.2. The first-order valence-corrected chi connectivity index (χ1v) is 6.89. The Morgan fingerprint density at radius 1 is 1.32 bits per heavy atom. The second kappa shape index (κ2) is 6.44. The summed E-state index contributed by atoms with van der Waals surface area (Å²) in [7, 11) is 0. The van der Waals surface area contributed by atoms with E-state index >= 15 is 0 Å². The summed E-state index contributed by atoms with van der Waals surface area (Å²) in [5, 5.41) is 2.98. The molecule has 0 aliphatic rings. The van der Waals surface area contributed by atoms with Crippen molar-refractivity contribution in [1.29, 1.82) is 0 Å². The first kappa shape index (κ1) is 13.7. The number of hydrogen-bond donors (Lipinski definition) is 1. The number of aromatic nitrogens is 1. The van der Waals surface area contributed by atoms with Gasteiger partial charge >= 0.3 is 5.97 Å². The maximum atomic E-state index is 11.6. The second-order valence-electron chi connectivity index (χ2n) is 3.46. The number of carbonyl (C=O) groups is 2. The molecule has 0 saturated heterocycles. The summed E-state index contributed by atoms with van der Waals surface area (Å²) in [5.74, 6) is -0.956. The van der Waals surface area contributed by atoms with Crippen molar-refractivity contribution in [3.8, 4) is 0 Å².